The maximum atomic E-state index is 13.8. The second-order valence-electron chi connectivity index (χ2n) is 8.72. The number of nitrogens with one attached hydrogen (secondary N) is 1. The Morgan fingerprint density at radius 2 is 1.72 bits per heavy atom. The molecule has 3 rings (SSSR count). The molecule has 0 saturated carbocycles. The number of hydrogen-bond acceptors (Lipinski definition) is 6. The van der Waals surface area contributed by atoms with Crippen LogP contribution in [0, 0.1) is 10.1 Å². The normalized spacial score (nSPS) is 11.9. The lowest BCUT2D eigenvalue weighted by molar-refractivity contribution is -0.384. The monoisotopic (exact) mass is 572 g/mol. The van der Waals surface area contributed by atoms with Crippen LogP contribution < -0.4 is 9.62 Å². The summed E-state index contributed by atoms with van der Waals surface area (Å²) >= 11 is 6.13. The van der Waals surface area contributed by atoms with Gasteiger partial charge in [0.25, 0.3) is 15.7 Å². The van der Waals surface area contributed by atoms with E-state index in [4.69, 9.17) is 11.6 Å². The summed E-state index contributed by atoms with van der Waals surface area (Å²) in [7, 11) is -4.32. The van der Waals surface area contributed by atoms with Crippen molar-refractivity contribution in [1.82, 2.24) is 10.2 Å². The average Bonchev–Trinajstić information content (AvgIpc) is 2.93. The minimum Gasteiger partial charge on any atom is -0.354 e. The highest BCUT2D eigenvalue weighted by atomic mass is 35.5. The topological polar surface area (TPSA) is 130 Å². The SMILES string of the molecule is CCCNC(=O)[C@@H](C)N(Cc1cccc(Cl)c1)C(=O)CN(c1cccc([N+](=O)[O-])c1)S(=O)(=O)c1ccccc1. The van der Waals surface area contributed by atoms with Crippen molar-refractivity contribution in [2.75, 3.05) is 17.4 Å². The van der Waals surface area contributed by atoms with E-state index >= 15 is 0 Å². The molecule has 0 saturated heterocycles. The number of carbonyl (C=O) groups is 2. The fourth-order valence-electron chi connectivity index (χ4n) is 3.82. The van der Waals surface area contributed by atoms with E-state index in [2.05, 4.69) is 5.32 Å². The van der Waals surface area contributed by atoms with Crippen LogP contribution >= 0.6 is 11.6 Å². The smallest absolute Gasteiger partial charge is 0.271 e. The Labute approximate surface area is 232 Å². The van der Waals surface area contributed by atoms with Crippen LogP contribution in [-0.2, 0) is 26.2 Å². The van der Waals surface area contributed by atoms with Gasteiger partial charge in [0, 0.05) is 30.2 Å². The fraction of sp³-hybridized carbons (Fsp3) is 0.259. The van der Waals surface area contributed by atoms with Crippen molar-refractivity contribution in [1.29, 1.82) is 0 Å². The van der Waals surface area contributed by atoms with E-state index in [0.717, 1.165) is 10.4 Å². The molecule has 3 aromatic rings. The predicted molar refractivity (Wildman–Crippen MR) is 149 cm³/mol. The first-order chi connectivity index (χ1) is 18.5. The fourth-order valence-corrected chi connectivity index (χ4v) is 5.46. The number of carbonyl (C=O) groups excluding carboxylic acids is 2. The number of halogens is 1. The Kier molecular flexibility index (Phi) is 10.0. The molecule has 0 spiro atoms. The van der Waals surface area contributed by atoms with E-state index in [0.29, 0.717) is 23.6 Å². The number of nitro groups is 1. The highest BCUT2D eigenvalue weighted by molar-refractivity contribution is 7.92. The van der Waals surface area contributed by atoms with Crippen molar-refractivity contribution in [2.45, 2.75) is 37.8 Å². The molecule has 206 valence electrons. The standard InChI is InChI=1S/C27H29ClN4O6S/c1-3-15-29-27(34)20(2)30(18-21-9-7-10-22(28)16-21)26(33)19-31(23-11-8-12-24(17-23)32(35)36)39(37,38)25-13-5-4-6-14-25/h4-14,16-17,20H,3,15,18-19H2,1-2H3,(H,29,34)/t20-/m1/s1. The number of sulfonamides is 1. The van der Waals surface area contributed by atoms with E-state index in [1.54, 1.807) is 37.3 Å². The number of rotatable bonds is 12. The molecule has 0 aliphatic rings. The Balaban J connectivity index is 2.05. The summed E-state index contributed by atoms with van der Waals surface area (Å²) < 4.78 is 28.2. The van der Waals surface area contributed by atoms with Crippen LogP contribution in [0.25, 0.3) is 0 Å². The van der Waals surface area contributed by atoms with Gasteiger partial charge in [0.1, 0.15) is 12.6 Å². The summed E-state index contributed by atoms with van der Waals surface area (Å²) in [4.78, 5) is 38.6. The molecule has 2 amide bonds. The molecule has 0 aliphatic carbocycles. The first-order valence-electron chi connectivity index (χ1n) is 12.2. The third kappa shape index (κ3) is 7.55. The van der Waals surface area contributed by atoms with Crippen molar-refractivity contribution in [2.24, 2.45) is 0 Å². The van der Waals surface area contributed by atoms with Gasteiger partial charge in [-0.2, -0.15) is 0 Å². The van der Waals surface area contributed by atoms with Crippen LogP contribution in [-0.4, -0.2) is 49.2 Å². The largest absolute Gasteiger partial charge is 0.354 e. The van der Waals surface area contributed by atoms with E-state index in [1.807, 2.05) is 6.92 Å². The van der Waals surface area contributed by atoms with Crippen molar-refractivity contribution in [3.8, 4) is 0 Å². The third-order valence-corrected chi connectivity index (χ3v) is 7.92. The summed E-state index contributed by atoms with van der Waals surface area (Å²) in [6.07, 6.45) is 0.691. The molecule has 0 bridgehead atoms. The summed E-state index contributed by atoms with van der Waals surface area (Å²) in [6, 6.07) is 18.3. The quantitative estimate of drug-likeness (QED) is 0.253. The van der Waals surface area contributed by atoms with Gasteiger partial charge in [-0.15, -0.1) is 0 Å². The zero-order chi connectivity index (χ0) is 28.6. The van der Waals surface area contributed by atoms with Crippen molar-refractivity contribution >= 4 is 44.8 Å². The van der Waals surface area contributed by atoms with Gasteiger partial charge in [-0.1, -0.05) is 54.9 Å². The first-order valence-corrected chi connectivity index (χ1v) is 14.0. The molecule has 12 heteroatoms. The van der Waals surface area contributed by atoms with E-state index in [-0.39, 0.29) is 22.8 Å². The van der Waals surface area contributed by atoms with E-state index in [9.17, 15) is 28.1 Å². The van der Waals surface area contributed by atoms with E-state index in [1.165, 1.54) is 47.4 Å². The highest BCUT2D eigenvalue weighted by Crippen LogP contribution is 2.27. The van der Waals surface area contributed by atoms with Crippen LogP contribution in [0.1, 0.15) is 25.8 Å². The molecule has 0 aromatic heterocycles. The number of amides is 2. The number of non-ortho nitro benzene ring substituents is 1. The molecule has 0 unspecified atom stereocenters. The van der Waals surface area contributed by atoms with Crippen molar-refractivity contribution in [3.05, 3.63) is 99.6 Å². The number of benzene rings is 3. The maximum Gasteiger partial charge on any atom is 0.271 e. The molecule has 0 fully saturated rings. The Morgan fingerprint density at radius 1 is 1.03 bits per heavy atom. The van der Waals surface area contributed by atoms with Gasteiger partial charge in [0.05, 0.1) is 15.5 Å². The molecule has 10 nitrogen and oxygen atoms in total. The van der Waals surface area contributed by atoms with Gasteiger partial charge in [-0.05, 0) is 49.2 Å². The lowest BCUT2D eigenvalue weighted by Gasteiger charge is -2.32. The van der Waals surface area contributed by atoms with Crippen LogP contribution in [0.5, 0.6) is 0 Å². The summed E-state index contributed by atoms with van der Waals surface area (Å²) in [5.74, 6) is -1.08. The molecule has 3 aromatic carbocycles. The van der Waals surface area contributed by atoms with Crippen LogP contribution in [0.2, 0.25) is 5.02 Å². The van der Waals surface area contributed by atoms with Crippen LogP contribution in [0.4, 0.5) is 11.4 Å². The van der Waals surface area contributed by atoms with Gasteiger partial charge in [-0.25, -0.2) is 8.42 Å². The first kappa shape index (κ1) is 29.6. The Morgan fingerprint density at radius 3 is 2.36 bits per heavy atom. The molecule has 1 N–H and O–H groups in total. The van der Waals surface area contributed by atoms with Crippen molar-refractivity contribution < 1.29 is 22.9 Å². The summed E-state index contributed by atoms with van der Waals surface area (Å²) in [5, 5.41) is 14.6. The minimum absolute atomic E-state index is 0.0196. The van der Waals surface area contributed by atoms with Gasteiger partial charge in [0.2, 0.25) is 11.8 Å². The molecule has 39 heavy (non-hydrogen) atoms. The van der Waals surface area contributed by atoms with Gasteiger partial charge in [-0.3, -0.25) is 24.0 Å². The van der Waals surface area contributed by atoms with Crippen LogP contribution in [0.3, 0.4) is 0 Å². The molecular formula is C27H29ClN4O6S. The minimum atomic E-state index is -4.32. The number of hydrogen-bond donors (Lipinski definition) is 1. The zero-order valence-electron chi connectivity index (χ0n) is 21.5. The van der Waals surface area contributed by atoms with Gasteiger partial charge in [0.15, 0.2) is 0 Å². The summed E-state index contributed by atoms with van der Waals surface area (Å²) in [5.41, 5.74) is 0.238. The van der Waals surface area contributed by atoms with Gasteiger partial charge < -0.3 is 10.2 Å². The lowest BCUT2D eigenvalue weighted by atomic mass is 10.1. The Hall–Kier alpha value is -3.96. The summed E-state index contributed by atoms with van der Waals surface area (Å²) in [6.45, 7) is 3.13. The molecule has 0 radical (unpaired) electrons. The molecule has 0 aliphatic heterocycles. The lowest BCUT2D eigenvalue weighted by Crippen LogP contribution is -2.51. The average molecular weight is 573 g/mol. The number of anilines is 1. The molecule has 0 heterocycles. The van der Waals surface area contributed by atoms with E-state index < -0.39 is 39.3 Å². The van der Waals surface area contributed by atoms with Crippen molar-refractivity contribution in [3.63, 3.8) is 0 Å². The number of nitrogens with zero attached hydrogens (tertiary/aromatic N) is 3. The molecular weight excluding hydrogens is 544 g/mol. The second-order valence-corrected chi connectivity index (χ2v) is 11.0. The maximum absolute atomic E-state index is 13.8. The Bertz CT molecular complexity index is 1430. The predicted octanol–water partition coefficient (Wildman–Crippen LogP) is 4.39. The highest BCUT2D eigenvalue weighted by Gasteiger charge is 2.33. The number of nitro benzene ring substituents is 1. The zero-order valence-corrected chi connectivity index (χ0v) is 23.1. The molecule has 1 atom stereocenters. The third-order valence-electron chi connectivity index (χ3n) is 5.90. The van der Waals surface area contributed by atoms with Gasteiger partial charge >= 0.3 is 0 Å². The second kappa shape index (κ2) is 13.2. The van der Waals surface area contributed by atoms with Crippen LogP contribution in [0.15, 0.2) is 83.8 Å².